The third-order valence-corrected chi connectivity index (χ3v) is 6.47. The first-order valence-corrected chi connectivity index (χ1v) is 11.6. The van der Waals surface area contributed by atoms with E-state index in [4.69, 9.17) is 10.5 Å². The van der Waals surface area contributed by atoms with Gasteiger partial charge < -0.3 is 15.8 Å². The molecule has 0 unspecified atom stereocenters. The van der Waals surface area contributed by atoms with Crippen molar-refractivity contribution >= 4 is 28.3 Å². The first kappa shape index (κ1) is 22.1. The lowest BCUT2D eigenvalue weighted by Crippen LogP contribution is -2.39. The number of anilines is 1. The number of imidazole rings is 1. The lowest BCUT2D eigenvalue weighted by Gasteiger charge is -2.25. The molecule has 180 valence electrons. The predicted molar refractivity (Wildman–Crippen MR) is 135 cm³/mol. The van der Waals surface area contributed by atoms with E-state index >= 15 is 0 Å². The number of aromatic nitrogens is 4. The van der Waals surface area contributed by atoms with Crippen LogP contribution in [0.25, 0.3) is 39.1 Å². The number of nitrogens with one attached hydrogen (secondary N) is 1. The molecule has 5 aromatic rings. The Hall–Kier alpha value is -4.37. The van der Waals surface area contributed by atoms with Gasteiger partial charge in [0.25, 0.3) is 5.91 Å². The van der Waals surface area contributed by atoms with Crippen molar-refractivity contribution in [3.05, 3.63) is 78.0 Å². The Morgan fingerprint density at radius 3 is 2.67 bits per heavy atom. The standard InChI is InChI=1S/C27H23FN6O2/c1-15-8-9-30-21-7-4-18(10-20(15)21)24-23(17-2-5-19(28)6-3-17)33-25(29)26-32-22(12-34(24)26)27(35)31-11-16-13-36-14-16/h2-10,12,16H,11,13-14H2,1H3,(H2,29,33)(H,31,35). The van der Waals surface area contributed by atoms with Crippen LogP contribution in [0.5, 0.6) is 0 Å². The number of fused-ring (bicyclic) bond motifs is 2. The van der Waals surface area contributed by atoms with E-state index in [9.17, 15) is 9.18 Å². The number of hydrogen-bond acceptors (Lipinski definition) is 6. The molecule has 0 aliphatic carbocycles. The molecule has 0 saturated carbocycles. The Labute approximate surface area is 206 Å². The van der Waals surface area contributed by atoms with Crippen LogP contribution in [-0.4, -0.2) is 45.0 Å². The van der Waals surface area contributed by atoms with Crippen LogP contribution in [-0.2, 0) is 4.74 Å². The number of ether oxygens (including phenoxy) is 1. The quantitative estimate of drug-likeness (QED) is 0.392. The topological polar surface area (TPSA) is 107 Å². The molecule has 1 fully saturated rings. The van der Waals surface area contributed by atoms with Gasteiger partial charge in [0, 0.05) is 41.4 Å². The summed E-state index contributed by atoms with van der Waals surface area (Å²) in [5, 5.41) is 3.91. The van der Waals surface area contributed by atoms with Gasteiger partial charge in [-0.15, -0.1) is 0 Å². The second-order valence-electron chi connectivity index (χ2n) is 8.99. The second kappa shape index (κ2) is 8.69. The maximum absolute atomic E-state index is 13.7. The largest absolute Gasteiger partial charge is 0.381 e. The molecule has 1 saturated heterocycles. The number of rotatable bonds is 5. The van der Waals surface area contributed by atoms with Gasteiger partial charge in [-0.3, -0.25) is 14.2 Å². The molecule has 3 N–H and O–H groups in total. The highest BCUT2D eigenvalue weighted by Crippen LogP contribution is 2.35. The lowest BCUT2D eigenvalue weighted by molar-refractivity contribution is -0.0299. The normalized spacial score (nSPS) is 13.7. The number of carbonyl (C=O) groups excluding carboxylic acids is 1. The van der Waals surface area contributed by atoms with Crippen molar-refractivity contribution in [3.8, 4) is 22.5 Å². The predicted octanol–water partition coefficient (Wildman–Crippen LogP) is 4.02. The van der Waals surface area contributed by atoms with E-state index in [-0.39, 0.29) is 23.2 Å². The monoisotopic (exact) mass is 482 g/mol. The first-order chi connectivity index (χ1) is 17.5. The van der Waals surface area contributed by atoms with Gasteiger partial charge in [0.1, 0.15) is 11.5 Å². The molecule has 3 aromatic heterocycles. The molecule has 1 aliphatic rings. The average Bonchev–Trinajstić information content (AvgIpc) is 3.30. The fourth-order valence-corrected chi connectivity index (χ4v) is 4.42. The summed E-state index contributed by atoms with van der Waals surface area (Å²) in [6.45, 7) is 3.83. The maximum atomic E-state index is 13.7. The second-order valence-corrected chi connectivity index (χ2v) is 8.99. The molecule has 36 heavy (non-hydrogen) atoms. The summed E-state index contributed by atoms with van der Waals surface area (Å²) in [4.78, 5) is 26.5. The number of aryl methyl sites for hydroxylation is 1. The highest BCUT2D eigenvalue weighted by Gasteiger charge is 2.23. The summed E-state index contributed by atoms with van der Waals surface area (Å²) in [6.07, 6.45) is 3.45. The fraction of sp³-hybridized carbons (Fsp3) is 0.185. The van der Waals surface area contributed by atoms with Crippen LogP contribution in [0, 0.1) is 18.7 Å². The van der Waals surface area contributed by atoms with Crippen molar-refractivity contribution < 1.29 is 13.9 Å². The van der Waals surface area contributed by atoms with E-state index in [1.807, 2.05) is 31.2 Å². The smallest absolute Gasteiger partial charge is 0.271 e. The van der Waals surface area contributed by atoms with Gasteiger partial charge in [-0.1, -0.05) is 6.07 Å². The molecule has 1 amide bonds. The van der Waals surface area contributed by atoms with Crippen molar-refractivity contribution in [3.63, 3.8) is 0 Å². The molecule has 0 radical (unpaired) electrons. The van der Waals surface area contributed by atoms with Gasteiger partial charge in [-0.25, -0.2) is 14.4 Å². The van der Waals surface area contributed by atoms with Crippen LogP contribution in [0.4, 0.5) is 10.2 Å². The number of benzene rings is 2. The third-order valence-electron chi connectivity index (χ3n) is 6.47. The highest BCUT2D eigenvalue weighted by molar-refractivity contribution is 5.95. The number of pyridine rings is 1. The SMILES string of the molecule is Cc1ccnc2ccc(-c3c(-c4ccc(F)cc4)nc(N)c4nc(C(=O)NCC5COC5)cn34)cc12. The minimum Gasteiger partial charge on any atom is -0.381 e. The molecule has 1 aliphatic heterocycles. The highest BCUT2D eigenvalue weighted by atomic mass is 19.1. The Bertz CT molecular complexity index is 1630. The van der Waals surface area contributed by atoms with E-state index < -0.39 is 0 Å². The molecular weight excluding hydrogens is 459 g/mol. The summed E-state index contributed by atoms with van der Waals surface area (Å²) in [5.41, 5.74) is 11.6. The fourth-order valence-electron chi connectivity index (χ4n) is 4.42. The molecule has 0 atom stereocenters. The van der Waals surface area contributed by atoms with Crippen molar-refractivity contribution in [2.24, 2.45) is 5.92 Å². The van der Waals surface area contributed by atoms with Gasteiger partial charge in [-0.05, 0) is 55.0 Å². The van der Waals surface area contributed by atoms with Crippen molar-refractivity contribution in [1.82, 2.24) is 24.7 Å². The van der Waals surface area contributed by atoms with E-state index in [2.05, 4.69) is 20.3 Å². The van der Waals surface area contributed by atoms with Gasteiger partial charge in [-0.2, -0.15) is 0 Å². The molecule has 2 aromatic carbocycles. The third kappa shape index (κ3) is 3.83. The van der Waals surface area contributed by atoms with Crippen LogP contribution < -0.4 is 11.1 Å². The van der Waals surface area contributed by atoms with Gasteiger partial charge in [0.2, 0.25) is 0 Å². The van der Waals surface area contributed by atoms with Crippen molar-refractivity contribution in [1.29, 1.82) is 0 Å². The minimum atomic E-state index is -0.347. The Kier molecular flexibility index (Phi) is 5.34. The summed E-state index contributed by atoms with van der Waals surface area (Å²) >= 11 is 0. The van der Waals surface area contributed by atoms with E-state index in [0.29, 0.717) is 48.3 Å². The van der Waals surface area contributed by atoms with Gasteiger partial charge in [0.05, 0.1) is 30.1 Å². The zero-order valence-electron chi connectivity index (χ0n) is 19.5. The summed E-state index contributed by atoms with van der Waals surface area (Å²) in [6, 6.07) is 14.0. The number of hydrogen-bond donors (Lipinski definition) is 2. The summed E-state index contributed by atoms with van der Waals surface area (Å²) in [7, 11) is 0. The van der Waals surface area contributed by atoms with Crippen LogP contribution >= 0.6 is 0 Å². The Morgan fingerprint density at radius 1 is 1.14 bits per heavy atom. The first-order valence-electron chi connectivity index (χ1n) is 11.6. The number of nitrogens with zero attached hydrogens (tertiary/aromatic N) is 4. The molecule has 4 heterocycles. The zero-order valence-corrected chi connectivity index (χ0v) is 19.5. The number of halogens is 1. The Balaban J connectivity index is 1.55. The van der Waals surface area contributed by atoms with Gasteiger partial charge >= 0.3 is 0 Å². The molecular formula is C27H23FN6O2. The van der Waals surface area contributed by atoms with Crippen molar-refractivity contribution in [2.75, 3.05) is 25.5 Å². The van der Waals surface area contributed by atoms with Crippen LogP contribution in [0.1, 0.15) is 16.1 Å². The number of amides is 1. The summed E-state index contributed by atoms with van der Waals surface area (Å²) < 4.78 is 20.7. The molecule has 9 heteroatoms. The van der Waals surface area contributed by atoms with Crippen LogP contribution in [0.3, 0.4) is 0 Å². The average molecular weight is 483 g/mol. The van der Waals surface area contributed by atoms with E-state index in [1.165, 1.54) is 12.1 Å². The van der Waals surface area contributed by atoms with E-state index in [1.54, 1.807) is 28.9 Å². The molecule has 6 rings (SSSR count). The molecule has 8 nitrogen and oxygen atoms in total. The maximum Gasteiger partial charge on any atom is 0.271 e. The number of nitrogen functional groups attached to an aromatic ring is 1. The minimum absolute atomic E-state index is 0.170. The zero-order chi connectivity index (χ0) is 24.8. The van der Waals surface area contributed by atoms with Crippen molar-refractivity contribution in [2.45, 2.75) is 6.92 Å². The van der Waals surface area contributed by atoms with Gasteiger partial charge in [0.15, 0.2) is 11.5 Å². The van der Waals surface area contributed by atoms with Crippen LogP contribution in [0.15, 0.2) is 60.9 Å². The Morgan fingerprint density at radius 2 is 1.92 bits per heavy atom. The van der Waals surface area contributed by atoms with E-state index in [0.717, 1.165) is 22.0 Å². The molecule has 0 bridgehead atoms. The number of carbonyl (C=O) groups is 1. The lowest BCUT2D eigenvalue weighted by atomic mass is 10.0. The number of nitrogens with two attached hydrogens (primary N) is 1. The van der Waals surface area contributed by atoms with Crippen LogP contribution in [0.2, 0.25) is 0 Å². The molecule has 0 spiro atoms. The summed E-state index contributed by atoms with van der Waals surface area (Å²) in [5.74, 6) is -0.158.